The molecule has 13 heavy (non-hydrogen) atoms. The maximum atomic E-state index is 11.5. The SMILES string of the molecule is CCCCC(=O)c1ccc(N)cc1. The minimum Gasteiger partial charge on any atom is -0.399 e. The lowest BCUT2D eigenvalue weighted by molar-refractivity contribution is 0.0980. The van der Waals surface area contributed by atoms with Crippen LogP contribution in [0.2, 0.25) is 0 Å². The number of Topliss-reactive ketones (excluding diaryl/α,β-unsaturated/α-hetero) is 1. The van der Waals surface area contributed by atoms with Crippen LogP contribution in [0.4, 0.5) is 5.69 Å². The minimum absolute atomic E-state index is 0.210. The highest BCUT2D eigenvalue weighted by molar-refractivity contribution is 5.96. The Bertz CT molecular complexity index is 277. The van der Waals surface area contributed by atoms with Gasteiger partial charge in [0.25, 0.3) is 0 Å². The molecule has 2 heteroatoms. The summed E-state index contributed by atoms with van der Waals surface area (Å²) < 4.78 is 0. The predicted octanol–water partition coefficient (Wildman–Crippen LogP) is 2.64. The Hall–Kier alpha value is -1.31. The van der Waals surface area contributed by atoms with Crippen molar-refractivity contribution in [1.29, 1.82) is 0 Å². The van der Waals surface area contributed by atoms with Crippen molar-refractivity contribution in [1.82, 2.24) is 0 Å². The second-order valence-corrected chi connectivity index (χ2v) is 3.15. The van der Waals surface area contributed by atoms with Gasteiger partial charge in [-0.05, 0) is 30.7 Å². The number of rotatable bonds is 4. The number of carbonyl (C=O) groups is 1. The molecule has 0 spiro atoms. The Kier molecular flexibility index (Phi) is 3.50. The Morgan fingerprint density at radius 2 is 1.92 bits per heavy atom. The third kappa shape index (κ3) is 2.90. The van der Waals surface area contributed by atoms with Gasteiger partial charge >= 0.3 is 0 Å². The Morgan fingerprint density at radius 1 is 1.31 bits per heavy atom. The van der Waals surface area contributed by atoms with Crippen molar-refractivity contribution in [3.05, 3.63) is 29.8 Å². The van der Waals surface area contributed by atoms with E-state index in [0.717, 1.165) is 18.4 Å². The molecule has 0 aromatic heterocycles. The van der Waals surface area contributed by atoms with Crippen molar-refractivity contribution in [2.45, 2.75) is 26.2 Å². The van der Waals surface area contributed by atoms with E-state index in [1.54, 1.807) is 24.3 Å². The van der Waals surface area contributed by atoms with E-state index in [0.29, 0.717) is 12.1 Å². The Morgan fingerprint density at radius 3 is 2.46 bits per heavy atom. The second-order valence-electron chi connectivity index (χ2n) is 3.15. The minimum atomic E-state index is 0.210. The van der Waals surface area contributed by atoms with Crippen LogP contribution in [0, 0.1) is 0 Å². The summed E-state index contributed by atoms with van der Waals surface area (Å²) in [5, 5.41) is 0. The molecule has 0 aliphatic carbocycles. The van der Waals surface area contributed by atoms with Gasteiger partial charge in [-0.25, -0.2) is 0 Å². The first-order valence-corrected chi connectivity index (χ1v) is 4.62. The zero-order valence-electron chi connectivity index (χ0n) is 7.92. The zero-order chi connectivity index (χ0) is 9.68. The number of benzene rings is 1. The third-order valence-electron chi connectivity index (χ3n) is 1.99. The van der Waals surface area contributed by atoms with E-state index in [1.165, 1.54) is 0 Å². The summed E-state index contributed by atoms with van der Waals surface area (Å²) in [6, 6.07) is 7.10. The van der Waals surface area contributed by atoms with Gasteiger partial charge in [0, 0.05) is 17.7 Å². The van der Waals surface area contributed by atoms with Crippen LogP contribution in [0.5, 0.6) is 0 Å². The molecule has 2 N–H and O–H groups in total. The summed E-state index contributed by atoms with van der Waals surface area (Å²) in [5.41, 5.74) is 6.98. The molecule has 0 radical (unpaired) electrons. The first kappa shape index (κ1) is 9.78. The molecule has 0 saturated heterocycles. The van der Waals surface area contributed by atoms with Gasteiger partial charge in [0.2, 0.25) is 0 Å². The number of hydrogen-bond acceptors (Lipinski definition) is 2. The first-order valence-electron chi connectivity index (χ1n) is 4.62. The molecule has 0 aliphatic heterocycles. The summed E-state index contributed by atoms with van der Waals surface area (Å²) in [6.07, 6.45) is 2.66. The standard InChI is InChI=1S/C11H15NO/c1-2-3-4-11(13)9-5-7-10(12)8-6-9/h5-8H,2-4,12H2,1H3. The van der Waals surface area contributed by atoms with Crippen molar-refractivity contribution in [2.24, 2.45) is 0 Å². The van der Waals surface area contributed by atoms with Crippen LogP contribution in [0.25, 0.3) is 0 Å². The van der Waals surface area contributed by atoms with Gasteiger partial charge in [0.1, 0.15) is 0 Å². The summed E-state index contributed by atoms with van der Waals surface area (Å²) in [5.74, 6) is 0.210. The molecule has 1 aromatic rings. The summed E-state index contributed by atoms with van der Waals surface area (Å²) in [6.45, 7) is 2.08. The number of nitrogen functional groups attached to an aromatic ring is 1. The predicted molar refractivity (Wildman–Crippen MR) is 54.7 cm³/mol. The molecule has 1 rings (SSSR count). The number of anilines is 1. The fourth-order valence-corrected chi connectivity index (χ4v) is 1.15. The fourth-order valence-electron chi connectivity index (χ4n) is 1.15. The third-order valence-corrected chi connectivity index (χ3v) is 1.99. The summed E-state index contributed by atoms with van der Waals surface area (Å²) in [4.78, 5) is 11.5. The van der Waals surface area contributed by atoms with Crippen molar-refractivity contribution in [3.63, 3.8) is 0 Å². The van der Waals surface area contributed by atoms with E-state index >= 15 is 0 Å². The maximum absolute atomic E-state index is 11.5. The summed E-state index contributed by atoms with van der Waals surface area (Å²) >= 11 is 0. The quantitative estimate of drug-likeness (QED) is 0.567. The second kappa shape index (κ2) is 4.65. The van der Waals surface area contributed by atoms with Gasteiger partial charge in [-0.15, -0.1) is 0 Å². The topological polar surface area (TPSA) is 43.1 Å². The van der Waals surface area contributed by atoms with E-state index in [2.05, 4.69) is 6.92 Å². The maximum Gasteiger partial charge on any atom is 0.162 e. The van der Waals surface area contributed by atoms with Crippen LogP contribution < -0.4 is 5.73 Å². The largest absolute Gasteiger partial charge is 0.399 e. The van der Waals surface area contributed by atoms with Gasteiger partial charge in [-0.2, -0.15) is 0 Å². The molecule has 0 aliphatic rings. The zero-order valence-corrected chi connectivity index (χ0v) is 7.92. The van der Waals surface area contributed by atoms with Gasteiger partial charge in [0.05, 0.1) is 0 Å². The molecule has 1 aromatic carbocycles. The average Bonchev–Trinajstić information content (AvgIpc) is 2.15. The van der Waals surface area contributed by atoms with E-state index in [9.17, 15) is 4.79 Å². The number of nitrogens with two attached hydrogens (primary N) is 1. The Balaban J connectivity index is 2.61. The molecule has 2 nitrogen and oxygen atoms in total. The molecule has 0 bridgehead atoms. The van der Waals surface area contributed by atoms with Gasteiger partial charge in [-0.3, -0.25) is 4.79 Å². The number of carbonyl (C=O) groups excluding carboxylic acids is 1. The van der Waals surface area contributed by atoms with Crippen LogP contribution >= 0.6 is 0 Å². The molecule has 0 fully saturated rings. The highest BCUT2D eigenvalue weighted by atomic mass is 16.1. The molecule has 0 amide bonds. The molecule has 70 valence electrons. The van der Waals surface area contributed by atoms with E-state index in [-0.39, 0.29) is 5.78 Å². The van der Waals surface area contributed by atoms with Gasteiger partial charge < -0.3 is 5.73 Å². The van der Waals surface area contributed by atoms with E-state index in [4.69, 9.17) is 5.73 Å². The van der Waals surface area contributed by atoms with Crippen LogP contribution in [-0.4, -0.2) is 5.78 Å². The highest BCUT2D eigenvalue weighted by Crippen LogP contribution is 2.09. The first-order chi connectivity index (χ1) is 6.24. The number of ketones is 1. The molecular weight excluding hydrogens is 162 g/mol. The molecule has 0 heterocycles. The normalized spacial score (nSPS) is 9.92. The van der Waals surface area contributed by atoms with Crippen LogP contribution in [0.1, 0.15) is 36.5 Å². The van der Waals surface area contributed by atoms with Crippen LogP contribution in [0.15, 0.2) is 24.3 Å². The molecule has 0 unspecified atom stereocenters. The molecule has 0 saturated carbocycles. The fraction of sp³-hybridized carbons (Fsp3) is 0.364. The van der Waals surface area contributed by atoms with E-state index < -0.39 is 0 Å². The molecular formula is C11H15NO. The van der Waals surface area contributed by atoms with Crippen molar-refractivity contribution in [3.8, 4) is 0 Å². The van der Waals surface area contributed by atoms with Crippen molar-refractivity contribution < 1.29 is 4.79 Å². The van der Waals surface area contributed by atoms with Crippen molar-refractivity contribution >= 4 is 11.5 Å². The van der Waals surface area contributed by atoms with Gasteiger partial charge in [-0.1, -0.05) is 13.3 Å². The monoisotopic (exact) mass is 177 g/mol. The van der Waals surface area contributed by atoms with Crippen LogP contribution in [-0.2, 0) is 0 Å². The lowest BCUT2D eigenvalue weighted by Gasteiger charge is -1.99. The smallest absolute Gasteiger partial charge is 0.162 e. The summed E-state index contributed by atoms with van der Waals surface area (Å²) in [7, 11) is 0. The van der Waals surface area contributed by atoms with Crippen LogP contribution in [0.3, 0.4) is 0 Å². The molecule has 0 atom stereocenters. The number of hydrogen-bond donors (Lipinski definition) is 1. The van der Waals surface area contributed by atoms with E-state index in [1.807, 2.05) is 0 Å². The Labute approximate surface area is 78.8 Å². The lowest BCUT2D eigenvalue weighted by atomic mass is 10.1. The highest BCUT2D eigenvalue weighted by Gasteiger charge is 2.03. The number of unbranched alkanes of at least 4 members (excludes halogenated alkanes) is 1. The lowest BCUT2D eigenvalue weighted by Crippen LogP contribution is -1.98. The average molecular weight is 177 g/mol. The van der Waals surface area contributed by atoms with Gasteiger partial charge in [0.15, 0.2) is 5.78 Å². The van der Waals surface area contributed by atoms with Crippen molar-refractivity contribution in [2.75, 3.05) is 5.73 Å².